The molecule has 0 heterocycles. The third kappa shape index (κ3) is 4.87. The minimum absolute atomic E-state index is 0.316. The monoisotopic (exact) mass is 301 g/mol. The molecule has 112 valence electrons. The van der Waals surface area contributed by atoms with E-state index in [1.807, 2.05) is 12.1 Å². The Labute approximate surface area is 133 Å². The summed E-state index contributed by atoms with van der Waals surface area (Å²) in [5.41, 5.74) is 4.01. The highest BCUT2D eigenvalue weighted by molar-refractivity contribution is 6.30. The summed E-state index contributed by atoms with van der Waals surface area (Å²) >= 11 is 6.14. The van der Waals surface area contributed by atoms with Crippen LogP contribution in [0.4, 0.5) is 0 Å². The lowest BCUT2D eigenvalue weighted by molar-refractivity contribution is 0.529. The molecule has 0 aliphatic rings. The normalized spacial score (nSPS) is 12.3. The van der Waals surface area contributed by atoms with Crippen molar-refractivity contribution in [3.63, 3.8) is 0 Å². The molecule has 0 amide bonds. The van der Waals surface area contributed by atoms with Gasteiger partial charge >= 0.3 is 0 Å². The average molecular weight is 302 g/mol. The van der Waals surface area contributed by atoms with E-state index < -0.39 is 0 Å². The molecule has 1 unspecified atom stereocenters. The second-order valence-electron chi connectivity index (χ2n) is 5.44. The zero-order valence-electron chi connectivity index (χ0n) is 12.9. The molecule has 0 saturated heterocycles. The SMILES string of the molecule is CCCNC(Cc1ccc(CC)cc1)c1cccc(Cl)c1. The van der Waals surface area contributed by atoms with Crippen molar-refractivity contribution >= 4 is 11.6 Å². The average Bonchev–Trinajstić information content (AvgIpc) is 2.52. The van der Waals surface area contributed by atoms with E-state index >= 15 is 0 Å². The van der Waals surface area contributed by atoms with Gasteiger partial charge in [-0.15, -0.1) is 0 Å². The van der Waals surface area contributed by atoms with E-state index in [2.05, 4.69) is 55.6 Å². The summed E-state index contributed by atoms with van der Waals surface area (Å²) in [5.74, 6) is 0. The first-order chi connectivity index (χ1) is 10.2. The fraction of sp³-hybridized carbons (Fsp3) is 0.368. The fourth-order valence-electron chi connectivity index (χ4n) is 2.50. The zero-order valence-corrected chi connectivity index (χ0v) is 13.7. The molecule has 21 heavy (non-hydrogen) atoms. The Kier molecular flexibility index (Phi) is 6.28. The van der Waals surface area contributed by atoms with E-state index in [0.717, 1.165) is 30.8 Å². The Morgan fingerprint density at radius 1 is 1.00 bits per heavy atom. The first-order valence-electron chi connectivity index (χ1n) is 7.79. The second kappa shape index (κ2) is 8.21. The summed E-state index contributed by atoms with van der Waals surface area (Å²) in [6, 6.07) is 17.4. The lowest BCUT2D eigenvalue weighted by Crippen LogP contribution is -2.24. The first kappa shape index (κ1) is 16.1. The largest absolute Gasteiger partial charge is 0.310 e. The number of halogens is 1. The molecule has 2 aromatic rings. The summed E-state index contributed by atoms with van der Waals surface area (Å²) in [5, 5.41) is 4.43. The van der Waals surface area contributed by atoms with Crippen LogP contribution in [-0.4, -0.2) is 6.54 Å². The van der Waals surface area contributed by atoms with Crippen molar-refractivity contribution in [2.75, 3.05) is 6.54 Å². The van der Waals surface area contributed by atoms with Gasteiger partial charge in [0.05, 0.1) is 0 Å². The van der Waals surface area contributed by atoms with Crippen molar-refractivity contribution < 1.29 is 0 Å². The van der Waals surface area contributed by atoms with Crippen LogP contribution in [-0.2, 0) is 12.8 Å². The van der Waals surface area contributed by atoms with Gasteiger partial charge in [-0.1, -0.05) is 61.8 Å². The Morgan fingerprint density at radius 2 is 1.71 bits per heavy atom. The van der Waals surface area contributed by atoms with Gasteiger partial charge in [-0.25, -0.2) is 0 Å². The van der Waals surface area contributed by atoms with Crippen molar-refractivity contribution in [1.82, 2.24) is 5.32 Å². The summed E-state index contributed by atoms with van der Waals surface area (Å²) < 4.78 is 0. The van der Waals surface area contributed by atoms with E-state index in [9.17, 15) is 0 Å². The third-order valence-electron chi connectivity index (χ3n) is 3.76. The van der Waals surface area contributed by atoms with Crippen molar-refractivity contribution in [2.45, 2.75) is 39.2 Å². The quantitative estimate of drug-likeness (QED) is 0.742. The van der Waals surface area contributed by atoms with E-state index in [-0.39, 0.29) is 0 Å². The number of rotatable bonds is 7. The van der Waals surface area contributed by atoms with Crippen molar-refractivity contribution in [1.29, 1.82) is 0 Å². The van der Waals surface area contributed by atoms with Gasteiger partial charge in [0.25, 0.3) is 0 Å². The van der Waals surface area contributed by atoms with Crippen LogP contribution in [0.5, 0.6) is 0 Å². The molecular weight excluding hydrogens is 278 g/mol. The molecule has 0 fully saturated rings. The van der Waals surface area contributed by atoms with Gasteiger partial charge < -0.3 is 5.32 Å². The molecule has 1 nitrogen and oxygen atoms in total. The Bertz CT molecular complexity index is 548. The Balaban J connectivity index is 2.15. The number of nitrogens with one attached hydrogen (secondary N) is 1. The molecule has 0 aliphatic heterocycles. The van der Waals surface area contributed by atoms with E-state index in [1.54, 1.807) is 0 Å². The third-order valence-corrected chi connectivity index (χ3v) is 4.00. The van der Waals surface area contributed by atoms with Crippen molar-refractivity contribution in [3.8, 4) is 0 Å². The highest BCUT2D eigenvalue weighted by Crippen LogP contribution is 2.22. The minimum atomic E-state index is 0.316. The maximum absolute atomic E-state index is 6.14. The van der Waals surface area contributed by atoms with Gasteiger partial charge in [0.1, 0.15) is 0 Å². The van der Waals surface area contributed by atoms with Gasteiger partial charge in [-0.05, 0) is 54.6 Å². The highest BCUT2D eigenvalue weighted by atomic mass is 35.5. The van der Waals surface area contributed by atoms with Gasteiger partial charge in [-0.3, -0.25) is 0 Å². The van der Waals surface area contributed by atoms with Crippen LogP contribution in [0, 0.1) is 0 Å². The molecule has 2 aromatic carbocycles. The van der Waals surface area contributed by atoms with Crippen molar-refractivity contribution in [2.24, 2.45) is 0 Å². The summed E-state index contributed by atoms with van der Waals surface area (Å²) in [7, 11) is 0. The van der Waals surface area contributed by atoms with Crippen LogP contribution in [0.3, 0.4) is 0 Å². The predicted octanol–water partition coefficient (Wildman–Crippen LogP) is 5.19. The molecule has 0 spiro atoms. The lowest BCUT2D eigenvalue weighted by atomic mass is 9.97. The van der Waals surface area contributed by atoms with Gasteiger partial charge in [0, 0.05) is 11.1 Å². The molecule has 2 rings (SSSR count). The van der Waals surface area contributed by atoms with Crippen molar-refractivity contribution in [3.05, 3.63) is 70.2 Å². The Morgan fingerprint density at radius 3 is 2.33 bits per heavy atom. The van der Waals surface area contributed by atoms with Gasteiger partial charge in [0.15, 0.2) is 0 Å². The van der Waals surface area contributed by atoms with Crippen LogP contribution >= 0.6 is 11.6 Å². The molecule has 0 radical (unpaired) electrons. The minimum Gasteiger partial charge on any atom is -0.310 e. The predicted molar refractivity (Wildman–Crippen MR) is 92.0 cm³/mol. The Hall–Kier alpha value is -1.31. The topological polar surface area (TPSA) is 12.0 Å². The van der Waals surface area contributed by atoms with Crippen LogP contribution in [0.15, 0.2) is 48.5 Å². The molecule has 0 bridgehead atoms. The molecule has 1 atom stereocenters. The molecule has 1 N–H and O–H groups in total. The van der Waals surface area contributed by atoms with E-state index in [0.29, 0.717) is 6.04 Å². The zero-order chi connectivity index (χ0) is 15.1. The molecule has 0 saturated carbocycles. The maximum Gasteiger partial charge on any atom is 0.0409 e. The van der Waals surface area contributed by atoms with Gasteiger partial charge in [-0.2, -0.15) is 0 Å². The molecule has 0 aliphatic carbocycles. The van der Waals surface area contributed by atoms with Gasteiger partial charge in [0.2, 0.25) is 0 Å². The number of hydrogen-bond donors (Lipinski definition) is 1. The first-order valence-corrected chi connectivity index (χ1v) is 8.17. The summed E-state index contributed by atoms with van der Waals surface area (Å²) in [6.45, 7) is 5.40. The van der Waals surface area contributed by atoms with Crippen LogP contribution in [0.1, 0.15) is 43.0 Å². The maximum atomic E-state index is 6.14. The smallest absolute Gasteiger partial charge is 0.0409 e. The number of aryl methyl sites for hydroxylation is 1. The van der Waals surface area contributed by atoms with Crippen LogP contribution < -0.4 is 5.32 Å². The van der Waals surface area contributed by atoms with Crippen LogP contribution in [0.2, 0.25) is 5.02 Å². The molecular formula is C19H24ClN. The number of benzene rings is 2. The molecule has 2 heteroatoms. The number of hydrogen-bond acceptors (Lipinski definition) is 1. The lowest BCUT2D eigenvalue weighted by Gasteiger charge is -2.19. The fourth-order valence-corrected chi connectivity index (χ4v) is 2.70. The standard InChI is InChI=1S/C19H24ClN/c1-3-12-21-19(17-6-5-7-18(20)14-17)13-16-10-8-15(4-2)9-11-16/h5-11,14,19,21H,3-4,12-13H2,1-2H3. The van der Waals surface area contributed by atoms with E-state index in [4.69, 9.17) is 11.6 Å². The summed E-state index contributed by atoms with van der Waals surface area (Å²) in [6.07, 6.45) is 3.21. The highest BCUT2D eigenvalue weighted by Gasteiger charge is 2.12. The van der Waals surface area contributed by atoms with E-state index in [1.165, 1.54) is 16.7 Å². The molecule has 0 aromatic heterocycles. The second-order valence-corrected chi connectivity index (χ2v) is 5.87. The van der Waals surface area contributed by atoms with Crippen LogP contribution in [0.25, 0.3) is 0 Å². The summed E-state index contributed by atoms with van der Waals surface area (Å²) in [4.78, 5) is 0.